The van der Waals surface area contributed by atoms with E-state index >= 15 is 0 Å². The van der Waals surface area contributed by atoms with Crippen LogP contribution in [-0.4, -0.2) is 42.0 Å². The summed E-state index contributed by atoms with van der Waals surface area (Å²) in [4.78, 5) is 14.2. The minimum atomic E-state index is -0.0363. The quantitative estimate of drug-likeness (QED) is 0.753. The van der Waals surface area contributed by atoms with Crippen molar-refractivity contribution < 1.29 is 14.3 Å². The number of Topliss-reactive ketones (excluding diaryl/α,β-unsaturated/α-hetero) is 1. The van der Waals surface area contributed by atoms with Crippen LogP contribution in [0.5, 0.6) is 0 Å². The van der Waals surface area contributed by atoms with Gasteiger partial charge in [0.15, 0.2) is 5.76 Å². The summed E-state index contributed by atoms with van der Waals surface area (Å²) < 4.78 is 5.57. The van der Waals surface area contributed by atoms with Gasteiger partial charge in [-0.2, -0.15) is 0 Å². The first kappa shape index (κ1) is 14.8. The third-order valence-electron chi connectivity index (χ3n) is 3.31. The Balaban J connectivity index is 2.05. The monoisotopic (exact) mass is 275 g/mol. The van der Waals surface area contributed by atoms with Crippen molar-refractivity contribution in [3.63, 3.8) is 0 Å². The number of ketones is 1. The number of hydrogen-bond acceptors (Lipinski definition) is 4. The molecular weight excluding hydrogens is 254 g/mol. The lowest BCUT2D eigenvalue weighted by Crippen LogP contribution is -2.33. The Labute approximate surface area is 119 Å². The highest BCUT2D eigenvalue weighted by molar-refractivity contribution is 5.98. The van der Waals surface area contributed by atoms with Crippen molar-refractivity contribution in [1.82, 2.24) is 4.90 Å². The summed E-state index contributed by atoms with van der Waals surface area (Å²) in [6, 6.07) is 9.38. The molecule has 4 heteroatoms. The first-order valence-corrected chi connectivity index (χ1v) is 7.09. The summed E-state index contributed by atoms with van der Waals surface area (Å²) in [5.74, 6) is 0.358. The molecule has 0 saturated carbocycles. The number of fused-ring (bicyclic) bond motifs is 1. The zero-order chi connectivity index (χ0) is 14.4. The number of carbonyl (C=O) groups excluding carboxylic acids is 1. The second-order valence-electron chi connectivity index (χ2n) is 4.92. The van der Waals surface area contributed by atoms with E-state index in [1.54, 1.807) is 6.07 Å². The van der Waals surface area contributed by atoms with Gasteiger partial charge in [0.2, 0.25) is 5.78 Å². The molecule has 0 aliphatic rings. The molecule has 1 N–H and O–H groups in total. The number of carbonyl (C=O) groups is 1. The Morgan fingerprint density at radius 3 is 2.80 bits per heavy atom. The van der Waals surface area contributed by atoms with Crippen LogP contribution >= 0.6 is 0 Å². The second kappa shape index (κ2) is 7.22. The topological polar surface area (TPSA) is 53.7 Å². The highest BCUT2D eigenvalue weighted by Gasteiger charge is 2.15. The molecule has 2 aromatic rings. The van der Waals surface area contributed by atoms with Crippen molar-refractivity contribution in [2.24, 2.45) is 0 Å². The minimum absolute atomic E-state index is 0.0363. The number of rotatable bonds is 8. The Hall–Kier alpha value is -1.65. The van der Waals surface area contributed by atoms with Crippen LogP contribution in [0.2, 0.25) is 0 Å². The van der Waals surface area contributed by atoms with E-state index in [-0.39, 0.29) is 12.4 Å². The molecule has 1 aromatic heterocycles. The van der Waals surface area contributed by atoms with Crippen LogP contribution in [0.3, 0.4) is 0 Å². The molecule has 20 heavy (non-hydrogen) atoms. The van der Waals surface area contributed by atoms with Gasteiger partial charge in [0.25, 0.3) is 0 Å². The van der Waals surface area contributed by atoms with Crippen LogP contribution in [0.15, 0.2) is 34.7 Å². The molecule has 1 heterocycles. The van der Waals surface area contributed by atoms with E-state index in [0.717, 1.165) is 30.4 Å². The molecule has 4 nitrogen and oxygen atoms in total. The molecule has 0 aliphatic carbocycles. The average molecular weight is 275 g/mol. The van der Waals surface area contributed by atoms with Crippen molar-refractivity contribution in [2.45, 2.75) is 19.8 Å². The average Bonchev–Trinajstić information content (AvgIpc) is 2.89. The van der Waals surface area contributed by atoms with Crippen LogP contribution in [0.4, 0.5) is 0 Å². The summed E-state index contributed by atoms with van der Waals surface area (Å²) in [5.41, 5.74) is 0.734. The molecule has 2 rings (SSSR count). The Kier molecular flexibility index (Phi) is 5.32. The highest BCUT2D eigenvalue weighted by atomic mass is 16.3. The molecule has 0 saturated heterocycles. The van der Waals surface area contributed by atoms with Crippen molar-refractivity contribution >= 4 is 16.8 Å². The number of aliphatic hydroxyl groups is 1. The highest BCUT2D eigenvalue weighted by Crippen LogP contribution is 2.19. The number of hydrogen-bond donors (Lipinski definition) is 1. The lowest BCUT2D eigenvalue weighted by molar-refractivity contribution is 0.0888. The SMILES string of the molecule is CCCCN(CCO)CC(=O)c1cc2ccccc2o1. The molecule has 0 unspecified atom stereocenters. The minimum Gasteiger partial charge on any atom is -0.453 e. The van der Waals surface area contributed by atoms with Crippen molar-refractivity contribution in [1.29, 1.82) is 0 Å². The van der Waals surface area contributed by atoms with E-state index in [2.05, 4.69) is 6.92 Å². The number of aliphatic hydroxyl groups excluding tert-OH is 1. The molecule has 0 fully saturated rings. The van der Waals surface area contributed by atoms with E-state index in [1.807, 2.05) is 29.2 Å². The first-order chi connectivity index (χ1) is 9.74. The van der Waals surface area contributed by atoms with Crippen LogP contribution in [0.25, 0.3) is 11.0 Å². The Morgan fingerprint density at radius 2 is 2.10 bits per heavy atom. The largest absolute Gasteiger partial charge is 0.453 e. The molecular formula is C16H21NO3. The van der Waals surface area contributed by atoms with Gasteiger partial charge in [-0.25, -0.2) is 0 Å². The summed E-state index contributed by atoms with van der Waals surface area (Å²) in [6.07, 6.45) is 2.09. The van der Waals surface area contributed by atoms with Gasteiger partial charge in [0.1, 0.15) is 5.58 Å². The van der Waals surface area contributed by atoms with Crippen molar-refractivity contribution in [3.8, 4) is 0 Å². The molecule has 108 valence electrons. The molecule has 0 atom stereocenters. The standard InChI is InChI=1S/C16H21NO3/c1-2-3-8-17(9-10-18)12-14(19)16-11-13-6-4-5-7-15(13)20-16/h4-7,11,18H,2-3,8-10,12H2,1H3. The number of unbranched alkanes of at least 4 members (excludes halogenated alkanes) is 1. The summed E-state index contributed by atoms with van der Waals surface area (Å²) in [6.45, 7) is 3.81. The number of para-hydroxylation sites is 1. The number of benzene rings is 1. The van der Waals surface area contributed by atoms with Crippen LogP contribution in [0, 0.1) is 0 Å². The first-order valence-electron chi connectivity index (χ1n) is 7.09. The molecule has 0 bridgehead atoms. The van der Waals surface area contributed by atoms with E-state index in [0.29, 0.717) is 18.8 Å². The molecule has 1 aromatic carbocycles. The maximum Gasteiger partial charge on any atom is 0.211 e. The molecule has 0 amide bonds. The van der Waals surface area contributed by atoms with Crippen LogP contribution < -0.4 is 0 Å². The van der Waals surface area contributed by atoms with Crippen LogP contribution in [0.1, 0.15) is 30.3 Å². The lowest BCUT2D eigenvalue weighted by Gasteiger charge is -2.19. The van der Waals surface area contributed by atoms with Gasteiger partial charge >= 0.3 is 0 Å². The van der Waals surface area contributed by atoms with Crippen molar-refractivity contribution in [2.75, 3.05) is 26.2 Å². The van der Waals surface area contributed by atoms with E-state index in [4.69, 9.17) is 9.52 Å². The van der Waals surface area contributed by atoms with E-state index in [9.17, 15) is 4.79 Å². The van der Waals surface area contributed by atoms with Gasteiger partial charge < -0.3 is 9.52 Å². The van der Waals surface area contributed by atoms with Gasteiger partial charge in [0.05, 0.1) is 13.2 Å². The predicted octanol–water partition coefficient (Wildman–Crippen LogP) is 2.71. The van der Waals surface area contributed by atoms with Gasteiger partial charge in [-0.15, -0.1) is 0 Å². The van der Waals surface area contributed by atoms with E-state index < -0.39 is 0 Å². The van der Waals surface area contributed by atoms with Gasteiger partial charge in [-0.1, -0.05) is 31.5 Å². The lowest BCUT2D eigenvalue weighted by atomic mass is 10.2. The zero-order valence-electron chi connectivity index (χ0n) is 11.8. The molecule has 0 spiro atoms. The summed E-state index contributed by atoms with van der Waals surface area (Å²) in [7, 11) is 0. The third-order valence-corrected chi connectivity index (χ3v) is 3.31. The van der Waals surface area contributed by atoms with Gasteiger partial charge in [-0.3, -0.25) is 9.69 Å². The van der Waals surface area contributed by atoms with Crippen LogP contribution in [-0.2, 0) is 0 Å². The fourth-order valence-electron chi connectivity index (χ4n) is 2.19. The number of nitrogens with zero attached hydrogens (tertiary/aromatic N) is 1. The van der Waals surface area contributed by atoms with Crippen molar-refractivity contribution in [3.05, 3.63) is 36.1 Å². The Morgan fingerprint density at radius 1 is 1.30 bits per heavy atom. The van der Waals surface area contributed by atoms with Gasteiger partial charge in [0, 0.05) is 11.9 Å². The summed E-state index contributed by atoms with van der Waals surface area (Å²) >= 11 is 0. The zero-order valence-corrected chi connectivity index (χ0v) is 11.8. The maximum absolute atomic E-state index is 12.2. The van der Waals surface area contributed by atoms with Gasteiger partial charge in [-0.05, 0) is 25.1 Å². The molecule has 0 aliphatic heterocycles. The van der Waals surface area contributed by atoms with E-state index in [1.165, 1.54) is 0 Å². The third kappa shape index (κ3) is 3.68. The molecule has 0 radical (unpaired) electrons. The smallest absolute Gasteiger partial charge is 0.211 e. The Bertz CT molecular complexity index is 529. The normalized spacial score (nSPS) is 11.3. The summed E-state index contributed by atoms with van der Waals surface area (Å²) in [5, 5.41) is 10.0. The maximum atomic E-state index is 12.2. The second-order valence-corrected chi connectivity index (χ2v) is 4.92. The predicted molar refractivity (Wildman–Crippen MR) is 79.0 cm³/mol. The number of furan rings is 1. The fourth-order valence-corrected chi connectivity index (χ4v) is 2.19. The fraction of sp³-hybridized carbons (Fsp3) is 0.438.